The summed E-state index contributed by atoms with van der Waals surface area (Å²) in [6.45, 7) is 5.62. The van der Waals surface area contributed by atoms with Crippen molar-refractivity contribution in [3.8, 4) is 11.5 Å². The Bertz CT molecular complexity index is 1270. The number of esters is 2. The van der Waals surface area contributed by atoms with Crippen LogP contribution in [0.15, 0.2) is 72.8 Å². The zero-order valence-corrected chi connectivity index (χ0v) is 22.4. The first-order chi connectivity index (χ1) is 18.4. The first kappa shape index (κ1) is 27.0. The quantitative estimate of drug-likeness (QED) is 0.322. The van der Waals surface area contributed by atoms with E-state index in [4.69, 9.17) is 18.9 Å². The Morgan fingerprint density at radius 2 is 1.37 bits per heavy atom. The summed E-state index contributed by atoms with van der Waals surface area (Å²) >= 11 is 0. The fraction of sp³-hybridized carbons (Fsp3) is 0.333. The third kappa shape index (κ3) is 4.91. The van der Waals surface area contributed by atoms with Gasteiger partial charge in [-0.15, -0.1) is 0 Å². The van der Waals surface area contributed by atoms with Crippen molar-refractivity contribution in [2.75, 3.05) is 32.3 Å². The molecule has 8 nitrogen and oxygen atoms in total. The van der Waals surface area contributed by atoms with Gasteiger partial charge >= 0.3 is 11.9 Å². The lowest BCUT2D eigenvalue weighted by atomic mass is 9.85. The molecule has 0 aliphatic carbocycles. The summed E-state index contributed by atoms with van der Waals surface area (Å²) in [6, 6.07) is 22.0. The summed E-state index contributed by atoms with van der Waals surface area (Å²) in [6.07, 6.45) is -0.614. The number of carbonyl (C=O) groups excluding carboxylic acids is 2. The molecule has 1 heterocycles. The zero-order valence-electron chi connectivity index (χ0n) is 22.4. The molecule has 8 heteroatoms. The highest BCUT2D eigenvalue weighted by atomic mass is 16.6. The highest BCUT2D eigenvalue weighted by Gasteiger charge is 2.64. The Morgan fingerprint density at radius 1 is 0.816 bits per heavy atom. The molecule has 0 bridgehead atoms. The zero-order chi connectivity index (χ0) is 27.3. The standard InChI is InChI=1S/C30H34N2O6/c1-6-37-28(33)30(29(34)38-7-2)26(21-12-9-15-24(18-21)35-4)32(23-14-8-11-20(3)17-23)27(31-30)22-13-10-16-25(19-22)36-5/h8-19,26-27,31H,6-7H2,1-5H3/t26-,27+/m0/s1. The molecule has 0 unspecified atom stereocenters. The first-order valence-electron chi connectivity index (χ1n) is 12.6. The minimum absolute atomic E-state index is 0.0980. The summed E-state index contributed by atoms with van der Waals surface area (Å²) in [4.78, 5) is 29.8. The number of ether oxygens (including phenoxy) is 4. The van der Waals surface area contributed by atoms with Crippen LogP contribution in [0.1, 0.15) is 42.7 Å². The second kappa shape index (κ2) is 11.6. The van der Waals surface area contributed by atoms with Crippen LogP contribution >= 0.6 is 0 Å². The molecule has 1 saturated heterocycles. The lowest BCUT2D eigenvalue weighted by Crippen LogP contribution is -2.60. The number of anilines is 1. The van der Waals surface area contributed by atoms with Crippen LogP contribution in [-0.2, 0) is 19.1 Å². The van der Waals surface area contributed by atoms with Gasteiger partial charge in [-0.05, 0) is 73.9 Å². The predicted octanol–water partition coefficient (Wildman–Crippen LogP) is 4.73. The van der Waals surface area contributed by atoms with E-state index in [1.54, 1.807) is 28.1 Å². The number of nitrogens with one attached hydrogen (secondary N) is 1. The Hall–Kier alpha value is -4.04. The number of rotatable bonds is 9. The number of carbonyl (C=O) groups is 2. The maximum atomic E-state index is 13.9. The Balaban J connectivity index is 2.05. The molecule has 0 aromatic heterocycles. The van der Waals surface area contributed by atoms with Crippen molar-refractivity contribution in [2.24, 2.45) is 0 Å². The molecule has 200 valence electrons. The lowest BCUT2D eigenvalue weighted by molar-refractivity contribution is -0.166. The average molecular weight is 519 g/mol. The van der Waals surface area contributed by atoms with E-state index < -0.39 is 29.7 Å². The van der Waals surface area contributed by atoms with Gasteiger partial charge < -0.3 is 23.8 Å². The van der Waals surface area contributed by atoms with Crippen LogP contribution in [0.4, 0.5) is 5.69 Å². The van der Waals surface area contributed by atoms with E-state index in [0.717, 1.165) is 16.8 Å². The summed E-state index contributed by atoms with van der Waals surface area (Å²) in [5.74, 6) is -0.182. The molecular formula is C30H34N2O6. The normalized spacial score (nSPS) is 18.1. The summed E-state index contributed by atoms with van der Waals surface area (Å²) in [7, 11) is 3.17. The van der Waals surface area contributed by atoms with Crippen LogP contribution in [0.3, 0.4) is 0 Å². The van der Waals surface area contributed by atoms with E-state index in [-0.39, 0.29) is 13.2 Å². The van der Waals surface area contributed by atoms with Gasteiger partial charge in [-0.1, -0.05) is 36.4 Å². The van der Waals surface area contributed by atoms with Crippen LogP contribution < -0.4 is 19.7 Å². The van der Waals surface area contributed by atoms with Gasteiger partial charge in [-0.25, -0.2) is 9.59 Å². The van der Waals surface area contributed by atoms with E-state index in [9.17, 15) is 9.59 Å². The Kier molecular flexibility index (Phi) is 8.22. The number of benzene rings is 3. The van der Waals surface area contributed by atoms with Crippen molar-refractivity contribution >= 4 is 17.6 Å². The molecule has 0 radical (unpaired) electrons. The van der Waals surface area contributed by atoms with E-state index in [1.807, 2.05) is 84.6 Å². The average Bonchev–Trinajstić information content (AvgIpc) is 3.31. The summed E-state index contributed by atoms with van der Waals surface area (Å²) in [5, 5.41) is 3.38. The second-order valence-corrected chi connectivity index (χ2v) is 9.00. The maximum Gasteiger partial charge on any atom is 0.340 e. The number of hydrogen-bond donors (Lipinski definition) is 1. The molecule has 1 N–H and O–H groups in total. The number of nitrogens with zero attached hydrogens (tertiary/aromatic N) is 1. The van der Waals surface area contributed by atoms with Gasteiger partial charge in [0, 0.05) is 5.69 Å². The minimum Gasteiger partial charge on any atom is -0.497 e. The van der Waals surface area contributed by atoms with Crippen LogP contribution in [-0.4, -0.2) is 44.9 Å². The second-order valence-electron chi connectivity index (χ2n) is 9.00. The van der Waals surface area contributed by atoms with Gasteiger partial charge in [0.15, 0.2) is 0 Å². The molecule has 3 aromatic carbocycles. The lowest BCUT2D eigenvalue weighted by Gasteiger charge is -2.36. The molecule has 0 amide bonds. The van der Waals surface area contributed by atoms with Crippen LogP contribution in [0.2, 0.25) is 0 Å². The van der Waals surface area contributed by atoms with Crippen molar-refractivity contribution in [2.45, 2.75) is 38.5 Å². The van der Waals surface area contributed by atoms with Crippen LogP contribution in [0.5, 0.6) is 11.5 Å². The molecule has 3 aromatic rings. The van der Waals surface area contributed by atoms with Crippen molar-refractivity contribution in [3.63, 3.8) is 0 Å². The van der Waals surface area contributed by atoms with Crippen molar-refractivity contribution in [3.05, 3.63) is 89.5 Å². The largest absolute Gasteiger partial charge is 0.497 e. The smallest absolute Gasteiger partial charge is 0.340 e. The molecule has 38 heavy (non-hydrogen) atoms. The van der Waals surface area contributed by atoms with Gasteiger partial charge in [0.05, 0.1) is 33.5 Å². The molecule has 0 spiro atoms. The van der Waals surface area contributed by atoms with Crippen molar-refractivity contribution in [1.82, 2.24) is 5.32 Å². The third-order valence-corrected chi connectivity index (χ3v) is 6.64. The highest BCUT2D eigenvalue weighted by Crippen LogP contribution is 2.49. The van der Waals surface area contributed by atoms with Crippen molar-refractivity contribution < 1.29 is 28.5 Å². The Labute approximate surface area is 223 Å². The summed E-state index contributed by atoms with van der Waals surface area (Å²) < 4.78 is 22.1. The number of methoxy groups -OCH3 is 2. The fourth-order valence-corrected chi connectivity index (χ4v) is 5.00. The van der Waals surface area contributed by atoms with Gasteiger partial charge in [0.25, 0.3) is 0 Å². The number of aryl methyl sites for hydroxylation is 1. The van der Waals surface area contributed by atoms with E-state index in [2.05, 4.69) is 5.32 Å². The molecule has 2 atom stereocenters. The highest BCUT2D eigenvalue weighted by molar-refractivity contribution is 6.07. The van der Waals surface area contributed by atoms with E-state index in [0.29, 0.717) is 17.1 Å². The number of hydrogen-bond acceptors (Lipinski definition) is 8. The molecular weight excluding hydrogens is 484 g/mol. The van der Waals surface area contributed by atoms with E-state index in [1.165, 1.54) is 0 Å². The summed E-state index contributed by atoms with van der Waals surface area (Å²) in [5.41, 5.74) is 1.45. The predicted molar refractivity (Wildman–Crippen MR) is 144 cm³/mol. The SMILES string of the molecule is CCOC(=O)C1(C(=O)OCC)N[C@@H](c2cccc(OC)c2)N(c2cccc(C)c2)[C@H]1c1cccc(OC)c1. The molecule has 1 aliphatic heterocycles. The van der Waals surface area contributed by atoms with Gasteiger partial charge in [-0.3, -0.25) is 5.32 Å². The molecule has 1 aliphatic rings. The molecule has 4 rings (SSSR count). The van der Waals surface area contributed by atoms with Gasteiger partial charge in [0.1, 0.15) is 17.7 Å². The molecule has 1 fully saturated rings. The van der Waals surface area contributed by atoms with Gasteiger partial charge in [-0.2, -0.15) is 0 Å². The minimum atomic E-state index is -1.88. The Morgan fingerprint density at radius 3 is 1.92 bits per heavy atom. The maximum absolute atomic E-state index is 13.9. The fourth-order valence-electron chi connectivity index (χ4n) is 5.00. The monoisotopic (exact) mass is 518 g/mol. The van der Waals surface area contributed by atoms with Crippen molar-refractivity contribution in [1.29, 1.82) is 0 Å². The topological polar surface area (TPSA) is 86.3 Å². The van der Waals surface area contributed by atoms with Crippen LogP contribution in [0, 0.1) is 6.92 Å². The molecule has 0 saturated carbocycles. The van der Waals surface area contributed by atoms with E-state index >= 15 is 0 Å². The third-order valence-electron chi connectivity index (χ3n) is 6.64. The van der Waals surface area contributed by atoms with Gasteiger partial charge in [0.2, 0.25) is 5.54 Å². The first-order valence-corrected chi connectivity index (χ1v) is 12.6. The van der Waals surface area contributed by atoms with Crippen LogP contribution in [0.25, 0.3) is 0 Å².